The van der Waals surface area contributed by atoms with E-state index in [0.29, 0.717) is 5.56 Å². The second-order valence-electron chi connectivity index (χ2n) is 7.77. The van der Waals surface area contributed by atoms with Gasteiger partial charge in [-0.2, -0.15) is 5.26 Å². The van der Waals surface area contributed by atoms with Crippen LogP contribution in [0.2, 0.25) is 0 Å². The van der Waals surface area contributed by atoms with Crippen LogP contribution < -0.4 is 10.6 Å². The Balaban J connectivity index is 2.39. The third kappa shape index (κ3) is 4.37. The minimum absolute atomic E-state index is 0.0985. The third-order valence-corrected chi connectivity index (χ3v) is 7.39. The fourth-order valence-electron chi connectivity index (χ4n) is 3.83. The molecule has 0 spiro atoms. The van der Waals surface area contributed by atoms with Gasteiger partial charge in [-0.15, -0.1) is 0 Å². The van der Waals surface area contributed by atoms with Gasteiger partial charge in [0.1, 0.15) is 17.3 Å². The number of ether oxygens (including phenoxy) is 2. The lowest BCUT2D eigenvalue weighted by atomic mass is 9.81. The summed E-state index contributed by atoms with van der Waals surface area (Å²) >= 11 is 0. The van der Waals surface area contributed by atoms with Gasteiger partial charge in [0.2, 0.25) is 10.0 Å². The van der Waals surface area contributed by atoms with Gasteiger partial charge in [0, 0.05) is 20.2 Å². The van der Waals surface area contributed by atoms with Gasteiger partial charge >= 0.3 is 11.9 Å². The van der Waals surface area contributed by atoms with Crippen LogP contribution in [0.1, 0.15) is 11.5 Å². The Bertz CT molecular complexity index is 1420. The van der Waals surface area contributed by atoms with Crippen LogP contribution in [-0.2, 0) is 29.1 Å². The average molecular weight is 513 g/mol. The van der Waals surface area contributed by atoms with Crippen molar-refractivity contribution < 1.29 is 32.6 Å². The first-order chi connectivity index (χ1) is 17.0. The highest BCUT2D eigenvalue weighted by atomic mass is 32.2. The van der Waals surface area contributed by atoms with E-state index >= 15 is 0 Å². The molecule has 1 unspecified atom stereocenters. The third-order valence-electron chi connectivity index (χ3n) is 5.58. The number of nitrogens with zero attached hydrogens (tertiary/aromatic N) is 3. The number of hydrogen-bond acceptors (Lipinski definition) is 10. The van der Waals surface area contributed by atoms with Crippen molar-refractivity contribution in [3.05, 3.63) is 76.8 Å². The van der Waals surface area contributed by atoms with Crippen molar-refractivity contribution in [2.75, 3.05) is 33.2 Å². The Morgan fingerprint density at radius 2 is 1.69 bits per heavy atom. The van der Waals surface area contributed by atoms with Gasteiger partial charge < -0.3 is 20.3 Å². The first-order valence-electron chi connectivity index (χ1n) is 10.4. The minimum Gasteiger partial charge on any atom is -0.506 e. The molecule has 0 saturated heterocycles. The summed E-state index contributed by atoms with van der Waals surface area (Å²) in [5, 5.41) is 20.9. The van der Waals surface area contributed by atoms with E-state index in [-0.39, 0.29) is 27.6 Å². The van der Waals surface area contributed by atoms with Crippen LogP contribution in [0, 0.1) is 11.3 Å². The molecule has 3 rings (SSSR count). The highest BCUT2D eigenvalue weighted by molar-refractivity contribution is 7.89. The van der Waals surface area contributed by atoms with Crippen LogP contribution in [0.3, 0.4) is 0 Å². The van der Waals surface area contributed by atoms with E-state index in [1.165, 1.54) is 26.2 Å². The number of hydrogen-bond donors (Lipinski definition) is 2. The number of phenolic OH excluding ortho intramolecular Hbond substituents is 1. The molecule has 3 N–H and O–H groups in total. The largest absolute Gasteiger partial charge is 0.506 e. The number of esters is 2. The molecule has 0 aliphatic carbocycles. The number of aromatic hydroxyl groups is 1. The number of sulfonamides is 1. The van der Waals surface area contributed by atoms with E-state index < -0.39 is 39.3 Å². The predicted molar refractivity (Wildman–Crippen MR) is 129 cm³/mol. The molecule has 11 nitrogen and oxygen atoms in total. The van der Waals surface area contributed by atoms with Crippen molar-refractivity contribution in [2.45, 2.75) is 10.8 Å². The van der Waals surface area contributed by atoms with Crippen molar-refractivity contribution in [3.63, 3.8) is 0 Å². The van der Waals surface area contributed by atoms with Crippen LogP contribution in [0.25, 0.3) is 0 Å². The lowest BCUT2D eigenvalue weighted by molar-refractivity contribution is -0.139. The summed E-state index contributed by atoms with van der Waals surface area (Å²) in [6, 6.07) is 13.8. The zero-order chi connectivity index (χ0) is 26.8. The maximum absolute atomic E-state index is 13.1. The normalized spacial score (nSPS) is 16.1. The van der Waals surface area contributed by atoms with Gasteiger partial charge in [-0.3, -0.25) is 4.90 Å². The smallest absolute Gasteiger partial charge is 0.355 e. The number of nitrogens with two attached hydrogens (primary N) is 1. The topological polar surface area (TPSA) is 163 Å². The van der Waals surface area contributed by atoms with Crippen LogP contribution >= 0.6 is 0 Å². The number of anilines is 1. The number of carbonyl (C=O) groups is 2. The van der Waals surface area contributed by atoms with Crippen molar-refractivity contribution in [1.29, 1.82) is 5.26 Å². The molecule has 12 heteroatoms. The second-order valence-corrected chi connectivity index (χ2v) is 9.93. The summed E-state index contributed by atoms with van der Waals surface area (Å²) < 4.78 is 35.9. The van der Waals surface area contributed by atoms with E-state index in [1.54, 1.807) is 30.3 Å². The van der Waals surface area contributed by atoms with Crippen molar-refractivity contribution >= 4 is 27.6 Å². The first-order valence-corrected chi connectivity index (χ1v) is 11.9. The second kappa shape index (κ2) is 10.1. The molecule has 1 aliphatic rings. The van der Waals surface area contributed by atoms with Gasteiger partial charge in [0.25, 0.3) is 0 Å². The monoisotopic (exact) mass is 512 g/mol. The fraction of sp³-hybridized carbons (Fsp3) is 0.208. The molecule has 0 radical (unpaired) electrons. The maximum atomic E-state index is 13.1. The SMILES string of the molecule is COC(=O)C1=C(C(=O)OC)N(c2ccc(S(=O)(=O)N(C)C)cc2O)C(N)=C(C#N)C1c1ccccc1. The zero-order valence-corrected chi connectivity index (χ0v) is 20.7. The molecular weight excluding hydrogens is 488 g/mol. The highest BCUT2D eigenvalue weighted by Gasteiger charge is 2.43. The van der Waals surface area contributed by atoms with Crippen LogP contribution in [-0.4, -0.2) is 58.1 Å². The van der Waals surface area contributed by atoms with E-state index in [4.69, 9.17) is 15.2 Å². The fourth-order valence-corrected chi connectivity index (χ4v) is 4.75. The van der Waals surface area contributed by atoms with Crippen LogP contribution in [0.4, 0.5) is 5.69 Å². The summed E-state index contributed by atoms with van der Waals surface area (Å²) in [7, 11) is 0.959. The Morgan fingerprint density at radius 1 is 1.08 bits per heavy atom. The Labute approximate surface area is 208 Å². The zero-order valence-electron chi connectivity index (χ0n) is 19.9. The molecule has 36 heavy (non-hydrogen) atoms. The Morgan fingerprint density at radius 3 is 2.19 bits per heavy atom. The van der Waals surface area contributed by atoms with Gasteiger partial charge in [0.05, 0.1) is 47.9 Å². The number of benzene rings is 2. The molecule has 0 fully saturated rings. The summed E-state index contributed by atoms with van der Waals surface area (Å²) in [5.41, 5.74) is 5.95. The van der Waals surface area contributed by atoms with E-state index in [2.05, 4.69) is 0 Å². The molecule has 0 bridgehead atoms. The van der Waals surface area contributed by atoms with E-state index in [9.17, 15) is 28.4 Å². The number of allylic oxidation sites excluding steroid dienone is 1. The number of rotatable bonds is 6. The van der Waals surface area contributed by atoms with Crippen molar-refractivity contribution in [1.82, 2.24) is 4.31 Å². The molecule has 1 atom stereocenters. The van der Waals surface area contributed by atoms with Crippen LogP contribution in [0.5, 0.6) is 5.75 Å². The molecule has 0 aromatic heterocycles. The molecule has 1 aliphatic heterocycles. The van der Waals surface area contributed by atoms with Gasteiger partial charge in [-0.25, -0.2) is 22.3 Å². The Hall–Kier alpha value is -4.34. The van der Waals surface area contributed by atoms with E-state index in [0.717, 1.165) is 29.5 Å². The summed E-state index contributed by atoms with van der Waals surface area (Å²) in [4.78, 5) is 26.8. The van der Waals surface area contributed by atoms with Crippen molar-refractivity contribution in [2.24, 2.45) is 5.73 Å². The molecule has 0 amide bonds. The number of nitriles is 1. The van der Waals surface area contributed by atoms with Crippen LogP contribution in [0.15, 0.2) is 76.1 Å². The molecule has 2 aromatic carbocycles. The minimum atomic E-state index is -3.90. The lowest BCUT2D eigenvalue weighted by Crippen LogP contribution is -2.40. The van der Waals surface area contributed by atoms with Gasteiger partial charge in [-0.05, 0) is 17.7 Å². The molecular formula is C24H24N4O7S. The standard InChI is InChI=1S/C24H24N4O7S/c1-27(2)36(32,33)15-10-11-17(18(29)12-15)28-21(24(31)35-4)20(23(30)34-3)19(16(13-25)22(28)26)14-8-6-5-7-9-14/h5-12,19,29H,26H2,1-4H3. The Kier molecular flexibility index (Phi) is 7.37. The summed E-state index contributed by atoms with van der Waals surface area (Å²) in [5.74, 6) is -3.86. The molecule has 1 heterocycles. The highest BCUT2D eigenvalue weighted by Crippen LogP contribution is 2.45. The quantitative estimate of drug-likeness (QED) is 0.543. The van der Waals surface area contributed by atoms with Gasteiger partial charge in [0.15, 0.2) is 0 Å². The number of methoxy groups -OCH3 is 2. The first kappa shape index (κ1) is 26.3. The lowest BCUT2D eigenvalue weighted by Gasteiger charge is -2.36. The summed E-state index contributed by atoms with van der Waals surface area (Å²) in [6.07, 6.45) is 0. The number of carbonyl (C=O) groups excluding carboxylic acids is 2. The average Bonchev–Trinajstić information content (AvgIpc) is 2.87. The predicted octanol–water partition coefficient (Wildman–Crippen LogP) is 1.54. The molecule has 0 saturated carbocycles. The summed E-state index contributed by atoms with van der Waals surface area (Å²) in [6.45, 7) is 0. The number of phenols is 1. The molecule has 2 aromatic rings. The van der Waals surface area contributed by atoms with Crippen molar-refractivity contribution in [3.8, 4) is 11.8 Å². The molecule has 188 valence electrons. The maximum Gasteiger partial charge on any atom is 0.355 e. The van der Waals surface area contributed by atoms with Gasteiger partial charge in [-0.1, -0.05) is 30.3 Å². The van der Waals surface area contributed by atoms with E-state index in [1.807, 2.05) is 6.07 Å².